The van der Waals surface area contributed by atoms with Gasteiger partial charge in [0.2, 0.25) is 5.13 Å². The summed E-state index contributed by atoms with van der Waals surface area (Å²) < 4.78 is 1.06. The number of thiazole rings is 1. The van der Waals surface area contributed by atoms with E-state index in [9.17, 15) is 0 Å². The normalized spacial score (nSPS) is 11.6. The average Bonchev–Trinajstić information content (AvgIpc) is 3.02. The van der Waals surface area contributed by atoms with E-state index < -0.39 is 0 Å². The fourth-order valence-electron chi connectivity index (χ4n) is 2.44. The molecule has 24 heavy (non-hydrogen) atoms. The van der Waals surface area contributed by atoms with E-state index in [4.69, 9.17) is 0 Å². The van der Waals surface area contributed by atoms with Crippen LogP contribution in [0.5, 0.6) is 0 Å². The minimum atomic E-state index is 0.793. The van der Waals surface area contributed by atoms with E-state index in [2.05, 4.69) is 68.9 Å². The number of nitrogens with zero attached hydrogens (tertiary/aromatic N) is 2. The topological polar surface area (TPSA) is 37.3 Å². The van der Waals surface area contributed by atoms with Crippen molar-refractivity contribution in [2.45, 2.75) is 20.8 Å². The van der Waals surface area contributed by atoms with E-state index in [1.54, 1.807) is 11.3 Å². The summed E-state index contributed by atoms with van der Waals surface area (Å²) in [6, 6.07) is 14.5. The summed E-state index contributed by atoms with van der Waals surface area (Å²) >= 11 is 5.00. The number of anilines is 1. The zero-order valence-electron chi connectivity index (χ0n) is 13.8. The van der Waals surface area contributed by atoms with Gasteiger partial charge in [-0.25, -0.2) is 4.98 Å². The molecule has 122 valence electrons. The molecular weight excluding hydrogens is 382 g/mol. The molecule has 0 spiro atoms. The number of hydrogen-bond acceptors (Lipinski definition) is 4. The number of hydrazone groups is 1. The number of nitrogens with one attached hydrogen (secondary N) is 1. The van der Waals surface area contributed by atoms with Crippen LogP contribution in [0.3, 0.4) is 0 Å². The molecule has 3 rings (SSSR count). The molecule has 1 aromatic heterocycles. The Morgan fingerprint density at radius 3 is 2.58 bits per heavy atom. The van der Waals surface area contributed by atoms with E-state index in [0.29, 0.717) is 0 Å². The van der Waals surface area contributed by atoms with Crippen LogP contribution >= 0.6 is 27.3 Å². The molecule has 0 bridgehead atoms. The first-order chi connectivity index (χ1) is 11.5. The molecule has 0 saturated heterocycles. The van der Waals surface area contributed by atoms with E-state index in [-0.39, 0.29) is 0 Å². The second-order valence-corrected chi connectivity index (χ2v) is 7.45. The monoisotopic (exact) mass is 399 g/mol. The number of rotatable bonds is 4. The van der Waals surface area contributed by atoms with Crippen LogP contribution in [0.2, 0.25) is 0 Å². The van der Waals surface area contributed by atoms with Crippen LogP contribution in [0, 0.1) is 13.8 Å². The van der Waals surface area contributed by atoms with Crippen molar-refractivity contribution in [2.24, 2.45) is 5.10 Å². The summed E-state index contributed by atoms with van der Waals surface area (Å²) in [4.78, 5) is 4.64. The number of benzene rings is 2. The smallest absolute Gasteiger partial charge is 0.203 e. The minimum Gasteiger partial charge on any atom is -0.252 e. The Hall–Kier alpha value is -1.98. The molecule has 0 radical (unpaired) electrons. The van der Waals surface area contributed by atoms with Crippen molar-refractivity contribution in [1.82, 2.24) is 4.98 Å². The molecule has 0 fully saturated rings. The van der Waals surface area contributed by atoms with E-state index in [1.807, 2.05) is 31.2 Å². The van der Waals surface area contributed by atoms with Crippen LogP contribution in [0.1, 0.15) is 23.6 Å². The highest BCUT2D eigenvalue weighted by Gasteiger charge is 2.07. The van der Waals surface area contributed by atoms with Crippen LogP contribution in [0.4, 0.5) is 5.13 Å². The summed E-state index contributed by atoms with van der Waals surface area (Å²) in [5.74, 6) is 0. The highest BCUT2D eigenvalue weighted by atomic mass is 79.9. The molecule has 0 amide bonds. The van der Waals surface area contributed by atoms with Crippen molar-refractivity contribution in [3.8, 4) is 11.3 Å². The van der Waals surface area contributed by atoms with Crippen LogP contribution in [0.15, 0.2) is 57.4 Å². The second kappa shape index (κ2) is 7.28. The van der Waals surface area contributed by atoms with Gasteiger partial charge in [-0.05, 0) is 44.0 Å². The summed E-state index contributed by atoms with van der Waals surface area (Å²) in [5, 5.41) is 7.29. The Bertz CT molecular complexity index is 882. The van der Waals surface area contributed by atoms with Crippen molar-refractivity contribution in [3.05, 3.63) is 69.0 Å². The summed E-state index contributed by atoms with van der Waals surface area (Å²) in [7, 11) is 0. The molecule has 1 N–H and O–H groups in total. The Labute approximate surface area is 154 Å². The van der Waals surface area contributed by atoms with Crippen molar-refractivity contribution in [3.63, 3.8) is 0 Å². The lowest BCUT2D eigenvalue weighted by atomic mass is 10.0. The third-order valence-electron chi connectivity index (χ3n) is 3.74. The van der Waals surface area contributed by atoms with Crippen molar-refractivity contribution < 1.29 is 0 Å². The van der Waals surface area contributed by atoms with Gasteiger partial charge in [-0.2, -0.15) is 5.10 Å². The molecule has 2 aromatic carbocycles. The van der Waals surface area contributed by atoms with E-state index in [0.717, 1.165) is 26.6 Å². The predicted octanol–water partition coefficient (Wildman–Crippen LogP) is 6.03. The Kier molecular flexibility index (Phi) is 5.11. The third-order valence-corrected chi connectivity index (χ3v) is 5.02. The molecular formula is C19H18BrN3S. The zero-order valence-corrected chi connectivity index (χ0v) is 16.2. The lowest BCUT2D eigenvalue weighted by molar-refractivity contribution is 1.26. The van der Waals surface area contributed by atoms with Gasteiger partial charge in [0.25, 0.3) is 0 Å². The van der Waals surface area contributed by atoms with Crippen molar-refractivity contribution >= 4 is 38.1 Å². The first-order valence-electron chi connectivity index (χ1n) is 7.62. The highest BCUT2D eigenvalue weighted by Crippen LogP contribution is 2.28. The van der Waals surface area contributed by atoms with Gasteiger partial charge < -0.3 is 0 Å². The standard InChI is InChI=1S/C19H18BrN3S/c1-12-4-9-17(13(2)10-12)18-11-24-19(21-18)23-22-14(3)15-5-7-16(20)8-6-15/h4-11H,1-3H3,(H,21,23)/b22-14+. The van der Waals surface area contributed by atoms with Crippen LogP contribution < -0.4 is 5.43 Å². The minimum absolute atomic E-state index is 0.793. The average molecular weight is 400 g/mol. The van der Waals surface area contributed by atoms with Gasteiger partial charge in [0.15, 0.2) is 0 Å². The van der Waals surface area contributed by atoms with Crippen LogP contribution in [-0.2, 0) is 0 Å². The van der Waals surface area contributed by atoms with Crippen molar-refractivity contribution in [2.75, 3.05) is 5.43 Å². The molecule has 1 heterocycles. The highest BCUT2D eigenvalue weighted by molar-refractivity contribution is 9.10. The van der Waals surface area contributed by atoms with Gasteiger partial charge in [-0.15, -0.1) is 11.3 Å². The predicted molar refractivity (Wildman–Crippen MR) is 107 cm³/mol. The van der Waals surface area contributed by atoms with Gasteiger partial charge in [0.1, 0.15) is 0 Å². The van der Waals surface area contributed by atoms with E-state index >= 15 is 0 Å². The molecule has 0 aliphatic carbocycles. The lowest BCUT2D eigenvalue weighted by Gasteiger charge is -2.03. The molecule has 0 aliphatic rings. The summed E-state index contributed by atoms with van der Waals surface area (Å²) in [6.45, 7) is 6.20. The van der Waals surface area contributed by atoms with Gasteiger partial charge in [0.05, 0.1) is 11.4 Å². The third kappa shape index (κ3) is 3.91. The molecule has 0 atom stereocenters. The summed E-state index contributed by atoms with van der Waals surface area (Å²) in [6.07, 6.45) is 0. The summed E-state index contributed by atoms with van der Waals surface area (Å²) in [5.41, 5.74) is 9.71. The van der Waals surface area contributed by atoms with E-state index in [1.165, 1.54) is 16.7 Å². The van der Waals surface area contributed by atoms with Gasteiger partial charge in [-0.3, -0.25) is 5.43 Å². The fraction of sp³-hybridized carbons (Fsp3) is 0.158. The molecule has 3 aromatic rings. The quantitative estimate of drug-likeness (QED) is 0.429. The second-order valence-electron chi connectivity index (χ2n) is 5.67. The Balaban J connectivity index is 1.76. The molecule has 5 heteroatoms. The van der Waals surface area contributed by atoms with Crippen LogP contribution in [0.25, 0.3) is 11.3 Å². The zero-order chi connectivity index (χ0) is 17.1. The SMILES string of the molecule is C/C(=N\Nc1nc(-c2ccc(C)cc2C)cs1)c1ccc(Br)cc1. The molecule has 0 aliphatic heterocycles. The maximum absolute atomic E-state index is 4.64. The number of aromatic nitrogens is 1. The Morgan fingerprint density at radius 1 is 1.12 bits per heavy atom. The Morgan fingerprint density at radius 2 is 1.88 bits per heavy atom. The molecule has 0 saturated carbocycles. The first-order valence-corrected chi connectivity index (χ1v) is 9.29. The maximum atomic E-state index is 4.64. The first kappa shape index (κ1) is 16.9. The maximum Gasteiger partial charge on any atom is 0.203 e. The number of aryl methyl sites for hydroxylation is 2. The fourth-order valence-corrected chi connectivity index (χ4v) is 3.35. The number of hydrogen-bond donors (Lipinski definition) is 1. The number of halogens is 1. The molecule has 0 unspecified atom stereocenters. The lowest BCUT2D eigenvalue weighted by Crippen LogP contribution is -1.99. The largest absolute Gasteiger partial charge is 0.252 e. The van der Waals surface area contributed by atoms with Gasteiger partial charge in [0, 0.05) is 15.4 Å². The van der Waals surface area contributed by atoms with Gasteiger partial charge >= 0.3 is 0 Å². The van der Waals surface area contributed by atoms with Crippen molar-refractivity contribution in [1.29, 1.82) is 0 Å². The molecule has 3 nitrogen and oxygen atoms in total. The van der Waals surface area contributed by atoms with Gasteiger partial charge in [-0.1, -0.05) is 51.8 Å². The van der Waals surface area contributed by atoms with Crippen LogP contribution in [-0.4, -0.2) is 10.7 Å².